The molecule has 1 unspecified atom stereocenters. The van der Waals surface area contributed by atoms with E-state index in [-0.39, 0.29) is 29.8 Å². The van der Waals surface area contributed by atoms with Gasteiger partial charge in [0.1, 0.15) is 10.7 Å². The standard InChI is InChI=1S/C12H16BrFN2O2S.ClH/c1-12(7-15,8-2-3-8)16-19(17,18)11-5-4-9(13)6-10(11)14;/h4-6,8,16H,2-3,7,15H2,1H3;1H. The highest BCUT2D eigenvalue weighted by Gasteiger charge is 2.43. The molecule has 0 amide bonds. The predicted molar refractivity (Wildman–Crippen MR) is 81.9 cm³/mol. The number of hydrogen-bond donors (Lipinski definition) is 2. The van der Waals surface area contributed by atoms with Crippen LogP contribution in [0.2, 0.25) is 0 Å². The van der Waals surface area contributed by atoms with Gasteiger partial charge in [-0.1, -0.05) is 15.9 Å². The number of hydrogen-bond acceptors (Lipinski definition) is 3. The summed E-state index contributed by atoms with van der Waals surface area (Å²) in [6, 6.07) is 3.87. The van der Waals surface area contributed by atoms with E-state index in [0.717, 1.165) is 18.9 Å². The van der Waals surface area contributed by atoms with Crippen LogP contribution in [0.5, 0.6) is 0 Å². The molecule has 1 aliphatic carbocycles. The number of sulfonamides is 1. The summed E-state index contributed by atoms with van der Waals surface area (Å²) in [6.45, 7) is 1.95. The van der Waals surface area contributed by atoms with Crippen molar-refractivity contribution in [2.45, 2.75) is 30.2 Å². The Labute approximate surface area is 132 Å². The van der Waals surface area contributed by atoms with Gasteiger partial charge in [0.15, 0.2) is 0 Å². The number of benzene rings is 1. The largest absolute Gasteiger partial charge is 0.329 e. The second-order valence-corrected chi connectivity index (χ2v) is 7.64. The van der Waals surface area contributed by atoms with Crippen molar-refractivity contribution in [3.63, 3.8) is 0 Å². The molecule has 0 spiro atoms. The van der Waals surface area contributed by atoms with Crippen molar-refractivity contribution in [2.24, 2.45) is 11.7 Å². The van der Waals surface area contributed by atoms with Gasteiger partial charge in [-0.15, -0.1) is 12.4 Å². The molecule has 2 rings (SSSR count). The Hall–Kier alpha value is -0.210. The Morgan fingerprint density at radius 3 is 2.55 bits per heavy atom. The van der Waals surface area contributed by atoms with Gasteiger partial charge in [-0.25, -0.2) is 17.5 Å². The summed E-state index contributed by atoms with van der Waals surface area (Å²) in [5.74, 6) is -0.553. The molecule has 1 aliphatic rings. The van der Waals surface area contributed by atoms with Gasteiger partial charge in [-0.3, -0.25) is 0 Å². The molecule has 0 heterocycles. The van der Waals surface area contributed by atoms with Crippen LogP contribution in [-0.2, 0) is 10.0 Å². The summed E-state index contributed by atoms with van der Waals surface area (Å²) in [4.78, 5) is -0.351. The maximum Gasteiger partial charge on any atom is 0.244 e. The van der Waals surface area contributed by atoms with E-state index in [0.29, 0.717) is 4.47 Å². The van der Waals surface area contributed by atoms with E-state index in [1.54, 1.807) is 6.92 Å². The van der Waals surface area contributed by atoms with E-state index >= 15 is 0 Å². The van der Waals surface area contributed by atoms with Crippen molar-refractivity contribution < 1.29 is 12.8 Å². The quantitative estimate of drug-likeness (QED) is 0.815. The van der Waals surface area contributed by atoms with Gasteiger partial charge in [-0.05, 0) is 43.9 Å². The molecule has 4 nitrogen and oxygen atoms in total. The zero-order chi connectivity index (χ0) is 14.3. The molecule has 1 fully saturated rings. The predicted octanol–water partition coefficient (Wildman–Crippen LogP) is 2.42. The van der Waals surface area contributed by atoms with Gasteiger partial charge in [0.25, 0.3) is 0 Å². The summed E-state index contributed by atoms with van der Waals surface area (Å²) >= 11 is 3.10. The number of halogens is 3. The van der Waals surface area contributed by atoms with Crippen LogP contribution in [0.25, 0.3) is 0 Å². The van der Waals surface area contributed by atoms with Crippen molar-refractivity contribution in [3.05, 3.63) is 28.5 Å². The van der Waals surface area contributed by atoms with Crippen LogP contribution in [0.15, 0.2) is 27.6 Å². The van der Waals surface area contributed by atoms with Crippen LogP contribution in [-0.4, -0.2) is 20.5 Å². The van der Waals surface area contributed by atoms with Gasteiger partial charge in [0, 0.05) is 16.6 Å². The van der Waals surface area contributed by atoms with Crippen LogP contribution in [0.4, 0.5) is 4.39 Å². The van der Waals surface area contributed by atoms with E-state index in [1.165, 1.54) is 12.1 Å². The molecule has 1 atom stereocenters. The van der Waals surface area contributed by atoms with Crippen molar-refractivity contribution in [1.29, 1.82) is 0 Å². The SMILES string of the molecule is CC(CN)(NS(=O)(=O)c1ccc(Br)cc1F)C1CC1.Cl. The number of nitrogens with one attached hydrogen (secondary N) is 1. The molecule has 0 bridgehead atoms. The third-order valence-corrected chi connectivity index (χ3v) is 5.59. The van der Waals surface area contributed by atoms with Crippen molar-refractivity contribution in [2.75, 3.05) is 6.54 Å². The highest BCUT2D eigenvalue weighted by Crippen LogP contribution is 2.39. The molecular weight excluding hydrogens is 371 g/mol. The Bertz CT molecular complexity index is 595. The average Bonchev–Trinajstić information content (AvgIpc) is 3.11. The van der Waals surface area contributed by atoms with Crippen LogP contribution in [0.3, 0.4) is 0 Å². The average molecular weight is 388 g/mol. The molecule has 20 heavy (non-hydrogen) atoms. The fraction of sp³-hybridized carbons (Fsp3) is 0.500. The molecule has 1 aromatic rings. The second-order valence-electron chi connectivity index (χ2n) is 5.08. The lowest BCUT2D eigenvalue weighted by Crippen LogP contribution is -2.53. The fourth-order valence-electron chi connectivity index (χ4n) is 2.07. The van der Waals surface area contributed by atoms with Gasteiger partial charge >= 0.3 is 0 Å². The maximum atomic E-state index is 13.8. The molecule has 1 saturated carbocycles. The van der Waals surface area contributed by atoms with Gasteiger partial charge in [0.05, 0.1) is 0 Å². The zero-order valence-electron chi connectivity index (χ0n) is 10.9. The highest BCUT2D eigenvalue weighted by atomic mass is 79.9. The Kier molecular flexibility index (Phi) is 5.60. The minimum Gasteiger partial charge on any atom is -0.329 e. The summed E-state index contributed by atoms with van der Waals surface area (Å²) in [6.07, 6.45) is 1.89. The van der Waals surface area contributed by atoms with Crippen molar-refractivity contribution in [1.82, 2.24) is 4.72 Å². The normalized spacial score (nSPS) is 18.2. The lowest BCUT2D eigenvalue weighted by Gasteiger charge is -2.29. The lowest BCUT2D eigenvalue weighted by molar-refractivity contribution is 0.373. The lowest BCUT2D eigenvalue weighted by atomic mass is 9.98. The van der Waals surface area contributed by atoms with Crippen LogP contribution < -0.4 is 10.5 Å². The highest BCUT2D eigenvalue weighted by molar-refractivity contribution is 9.10. The summed E-state index contributed by atoms with van der Waals surface area (Å²) in [7, 11) is -3.91. The van der Waals surface area contributed by atoms with Crippen LogP contribution >= 0.6 is 28.3 Å². The van der Waals surface area contributed by atoms with Gasteiger partial charge < -0.3 is 5.73 Å². The van der Waals surface area contributed by atoms with Gasteiger partial charge in [0.2, 0.25) is 10.0 Å². The second kappa shape index (κ2) is 6.27. The van der Waals surface area contributed by atoms with Crippen molar-refractivity contribution >= 4 is 38.4 Å². The number of nitrogens with two attached hydrogens (primary N) is 1. The molecule has 0 radical (unpaired) electrons. The molecule has 0 saturated heterocycles. The summed E-state index contributed by atoms with van der Waals surface area (Å²) < 4.78 is 41.3. The Balaban J connectivity index is 0.00000200. The van der Waals surface area contributed by atoms with E-state index in [4.69, 9.17) is 5.73 Å². The topological polar surface area (TPSA) is 72.2 Å². The first-order chi connectivity index (χ1) is 8.78. The monoisotopic (exact) mass is 386 g/mol. The third kappa shape index (κ3) is 3.71. The Morgan fingerprint density at radius 1 is 1.50 bits per heavy atom. The van der Waals surface area contributed by atoms with Gasteiger partial charge in [-0.2, -0.15) is 0 Å². The maximum absolute atomic E-state index is 13.8. The first-order valence-corrected chi connectivity index (χ1v) is 8.25. The molecule has 8 heteroatoms. The smallest absolute Gasteiger partial charge is 0.244 e. The first-order valence-electron chi connectivity index (χ1n) is 5.97. The van der Waals surface area contributed by atoms with Crippen LogP contribution in [0, 0.1) is 11.7 Å². The molecule has 114 valence electrons. The molecular formula is C12H17BrClFN2O2S. The fourth-order valence-corrected chi connectivity index (χ4v) is 3.94. The van der Waals surface area contributed by atoms with E-state index in [1.807, 2.05) is 0 Å². The third-order valence-electron chi connectivity index (χ3n) is 3.45. The van der Waals surface area contributed by atoms with E-state index in [9.17, 15) is 12.8 Å². The molecule has 3 N–H and O–H groups in total. The minimum absolute atomic E-state index is 0. The van der Waals surface area contributed by atoms with Crippen molar-refractivity contribution in [3.8, 4) is 0 Å². The van der Waals surface area contributed by atoms with E-state index in [2.05, 4.69) is 20.7 Å². The molecule has 0 aromatic heterocycles. The molecule has 0 aliphatic heterocycles. The molecule has 1 aromatic carbocycles. The summed E-state index contributed by atoms with van der Waals surface area (Å²) in [5.41, 5.74) is 4.96. The van der Waals surface area contributed by atoms with E-state index < -0.39 is 21.4 Å². The summed E-state index contributed by atoms with van der Waals surface area (Å²) in [5, 5.41) is 0. The first kappa shape index (κ1) is 17.8. The minimum atomic E-state index is -3.91. The number of rotatable bonds is 5. The zero-order valence-corrected chi connectivity index (χ0v) is 14.1. The Morgan fingerprint density at radius 2 is 2.10 bits per heavy atom. The van der Waals surface area contributed by atoms with Crippen LogP contribution in [0.1, 0.15) is 19.8 Å².